The number of hydrogen-bond acceptors (Lipinski definition) is 4. The van der Waals surface area contributed by atoms with Crippen molar-refractivity contribution >= 4 is 17.7 Å². The van der Waals surface area contributed by atoms with Gasteiger partial charge in [-0.2, -0.15) is 0 Å². The van der Waals surface area contributed by atoms with Crippen LogP contribution in [-0.4, -0.2) is 49.8 Å². The maximum absolute atomic E-state index is 11.5. The molecule has 0 bridgehead atoms. The van der Waals surface area contributed by atoms with Crippen LogP contribution in [0, 0.1) is 0 Å². The minimum Gasteiger partial charge on any atom is -0.380 e. The Morgan fingerprint density at radius 3 is 2.88 bits per heavy atom. The Bertz CT molecular complexity index is 208. The molecule has 1 rings (SSSR count). The third-order valence-electron chi connectivity index (χ3n) is 2.73. The van der Waals surface area contributed by atoms with E-state index >= 15 is 0 Å². The minimum atomic E-state index is 0.0906. The summed E-state index contributed by atoms with van der Waals surface area (Å²) in [6, 6.07) is 0. The molecule has 0 aliphatic carbocycles. The predicted molar refractivity (Wildman–Crippen MR) is 67.8 cm³/mol. The minimum absolute atomic E-state index is 0.0906. The number of methoxy groups -OCH3 is 1. The Morgan fingerprint density at radius 2 is 2.25 bits per heavy atom. The highest BCUT2D eigenvalue weighted by molar-refractivity contribution is 8.00. The molecule has 0 aromatic heterocycles. The van der Waals surface area contributed by atoms with Gasteiger partial charge in [0.05, 0.1) is 11.9 Å². The third kappa shape index (κ3) is 5.72. The molecule has 1 aliphatic rings. The average Bonchev–Trinajstić information content (AvgIpc) is 2.34. The first-order chi connectivity index (χ1) is 7.72. The molecule has 2 N–H and O–H groups in total. The van der Waals surface area contributed by atoms with Crippen molar-refractivity contribution in [3.05, 3.63) is 0 Å². The summed E-state index contributed by atoms with van der Waals surface area (Å²) < 4.78 is 5.07. The Balaban J connectivity index is 2.05. The Morgan fingerprint density at radius 1 is 1.56 bits per heavy atom. The molecule has 1 amide bonds. The molecule has 4 nitrogen and oxygen atoms in total. The molecule has 1 atom stereocenters. The number of carbonyl (C=O) groups is 1. The van der Waals surface area contributed by atoms with Crippen LogP contribution in [0.1, 0.15) is 19.8 Å². The van der Waals surface area contributed by atoms with Crippen LogP contribution in [0.2, 0.25) is 0 Å². The van der Waals surface area contributed by atoms with Gasteiger partial charge >= 0.3 is 0 Å². The standard InChI is InChI=1S/C11H22N2O2S/c1-9(15-2)7-13-11(14)8-16-10-3-5-12-6-4-10/h9-10,12H,3-8H2,1-2H3,(H,13,14). The van der Waals surface area contributed by atoms with Gasteiger partial charge in [0, 0.05) is 18.9 Å². The van der Waals surface area contributed by atoms with Crippen molar-refractivity contribution in [2.45, 2.75) is 31.1 Å². The van der Waals surface area contributed by atoms with E-state index in [0.29, 0.717) is 17.5 Å². The molecule has 0 aromatic rings. The second-order valence-corrected chi connectivity index (χ2v) is 5.40. The zero-order chi connectivity index (χ0) is 11.8. The summed E-state index contributed by atoms with van der Waals surface area (Å²) in [5.41, 5.74) is 0. The summed E-state index contributed by atoms with van der Waals surface area (Å²) in [5.74, 6) is 0.689. The van der Waals surface area contributed by atoms with Crippen LogP contribution in [0.3, 0.4) is 0 Å². The first kappa shape index (κ1) is 13.8. The molecule has 1 unspecified atom stereocenters. The van der Waals surface area contributed by atoms with Crippen LogP contribution >= 0.6 is 11.8 Å². The van der Waals surface area contributed by atoms with Crippen molar-refractivity contribution < 1.29 is 9.53 Å². The first-order valence-corrected chi connectivity index (χ1v) is 6.89. The van der Waals surface area contributed by atoms with Gasteiger partial charge in [-0.3, -0.25) is 4.79 Å². The van der Waals surface area contributed by atoms with E-state index in [1.807, 2.05) is 6.92 Å². The number of nitrogens with one attached hydrogen (secondary N) is 2. The number of hydrogen-bond donors (Lipinski definition) is 2. The first-order valence-electron chi connectivity index (χ1n) is 5.84. The maximum atomic E-state index is 11.5. The number of carbonyl (C=O) groups excluding carboxylic acids is 1. The summed E-state index contributed by atoms with van der Waals surface area (Å²) in [6.07, 6.45) is 2.44. The Labute approximate surface area is 102 Å². The van der Waals surface area contributed by atoms with Crippen molar-refractivity contribution in [3.8, 4) is 0 Å². The molecule has 0 saturated carbocycles. The van der Waals surface area contributed by atoms with Gasteiger partial charge in [-0.05, 0) is 32.9 Å². The van der Waals surface area contributed by atoms with E-state index in [4.69, 9.17) is 4.74 Å². The van der Waals surface area contributed by atoms with Gasteiger partial charge in [0.15, 0.2) is 0 Å². The number of thioether (sulfide) groups is 1. The lowest BCUT2D eigenvalue weighted by atomic mass is 10.2. The molecule has 0 aromatic carbocycles. The summed E-state index contributed by atoms with van der Waals surface area (Å²) in [6.45, 7) is 4.71. The summed E-state index contributed by atoms with van der Waals surface area (Å²) in [7, 11) is 1.65. The van der Waals surface area contributed by atoms with E-state index < -0.39 is 0 Å². The molecule has 0 radical (unpaired) electrons. The van der Waals surface area contributed by atoms with Crippen LogP contribution in [0.15, 0.2) is 0 Å². The number of ether oxygens (including phenoxy) is 1. The van der Waals surface area contributed by atoms with Gasteiger partial charge in [0.2, 0.25) is 5.91 Å². The van der Waals surface area contributed by atoms with E-state index in [-0.39, 0.29) is 12.0 Å². The average molecular weight is 246 g/mol. The van der Waals surface area contributed by atoms with Crippen molar-refractivity contribution in [3.63, 3.8) is 0 Å². The zero-order valence-corrected chi connectivity index (χ0v) is 10.9. The fourth-order valence-corrected chi connectivity index (χ4v) is 2.61. The SMILES string of the molecule is COC(C)CNC(=O)CSC1CCNCC1. The molecular formula is C11H22N2O2S. The van der Waals surface area contributed by atoms with Gasteiger partial charge in [-0.1, -0.05) is 0 Å². The van der Waals surface area contributed by atoms with Gasteiger partial charge in [-0.25, -0.2) is 0 Å². The maximum Gasteiger partial charge on any atom is 0.230 e. The molecule has 1 heterocycles. The van der Waals surface area contributed by atoms with Crippen molar-refractivity contribution in [1.82, 2.24) is 10.6 Å². The third-order valence-corrected chi connectivity index (χ3v) is 4.10. The Hall–Kier alpha value is -0.260. The molecule has 16 heavy (non-hydrogen) atoms. The second kappa shape index (κ2) is 7.92. The lowest BCUT2D eigenvalue weighted by Gasteiger charge is -2.21. The van der Waals surface area contributed by atoms with E-state index in [0.717, 1.165) is 13.1 Å². The quantitative estimate of drug-likeness (QED) is 0.721. The van der Waals surface area contributed by atoms with Gasteiger partial charge in [0.25, 0.3) is 0 Å². The summed E-state index contributed by atoms with van der Waals surface area (Å²) in [5, 5.41) is 6.84. The lowest BCUT2D eigenvalue weighted by molar-refractivity contribution is -0.119. The van der Waals surface area contributed by atoms with E-state index in [1.54, 1.807) is 18.9 Å². The molecule has 0 spiro atoms. The normalized spacial score (nSPS) is 19.4. The highest BCUT2D eigenvalue weighted by atomic mass is 32.2. The summed E-state index contributed by atoms with van der Waals surface area (Å²) in [4.78, 5) is 11.5. The number of amides is 1. The van der Waals surface area contributed by atoms with Gasteiger partial charge < -0.3 is 15.4 Å². The van der Waals surface area contributed by atoms with Crippen molar-refractivity contribution in [1.29, 1.82) is 0 Å². The van der Waals surface area contributed by atoms with Gasteiger partial charge in [-0.15, -0.1) is 11.8 Å². The smallest absolute Gasteiger partial charge is 0.230 e. The van der Waals surface area contributed by atoms with Crippen LogP contribution in [0.25, 0.3) is 0 Å². The highest BCUT2D eigenvalue weighted by Gasteiger charge is 2.14. The van der Waals surface area contributed by atoms with Crippen LogP contribution < -0.4 is 10.6 Å². The topological polar surface area (TPSA) is 50.4 Å². The zero-order valence-electron chi connectivity index (χ0n) is 10.1. The molecular weight excluding hydrogens is 224 g/mol. The van der Waals surface area contributed by atoms with Crippen LogP contribution in [0.5, 0.6) is 0 Å². The van der Waals surface area contributed by atoms with E-state index in [2.05, 4.69) is 10.6 Å². The summed E-state index contributed by atoms with van der Waals surface area (Å²) >= 11 is 1.77. The highest BCUT2D eigenvalue weighted by Crippen LogP contribution is 2.19. The number of rotatable bonds is 6. The molecule has 1 fully saturated rings. The molecule has 94 valence electrons. The van der Waals surface area contributed by atoms with Crippen molar-refractivity contribution in [2.24, 2.45) is 0 Å². The predicted octanol–water partition coefficient (Wildman–Crippen LogP) is 0.623. The largest absolute Gasteiger partial charge is 0.380 e. The second-order valence-electron chi connectivity index (χ2n) is 4.11. The number of piperidine rings is 1. The fourth-order valence-electron chi connectivity index (χ4n) is 1.55. The van der Waals surface area contributed by atoms with Crippen molar-refractivity contribution in [2.75, 3.05) is 32.5 Å². The lowest BCUT2D eigenvalue weighted by Crippen LogP contribution is -2.34. The van der Waals surface area contributed by atoms with Crippen LogP contribution in [0.4, 0.5) is 0 Å². The monoisotopic (exact) mass is 246 g/mol. The van der Waals surface area contributed by atoms with Crippen LogP contribution in [-0.2, 0) is 9.53 Å². The van der Waals surface area contributed by atoms with Gasteiger partial charge in [0.1, 0.15) is 0 Å². The fraction of sp³-hybridized carbons (Fsp3) is 0.909. The molecule has 1 aliphatic heterocycles. The molecule has 5 heteroatoms. The van der Waals surface area contributed by atoms with E-state index in [1.165, 1.54) is 12.8 Å². The molecule has 1 saturated heterocycles. The Kier molecular flexibility index (Phi) is 6.84. The van der Waals surface area contributed by atoms with E-state index in [9.17, 15) is 4.79 Å².